The summed E-state index contributed by atoms with van der Waals surface area (Å²) in [7, 11) is 1.58. The zero-order valence-electron chi connectivity index (χ0n) is 22.2. The highest BCUT2D eigenvalue weighted by molar-refractivity contribution is 5.92. The maximum Gasteiger partial charge on any atom is 0.411 e. The molecule has 0 radical (unpaired) electrons. The number of methoxy groups -OCH3 is 1. The number of aliphatic hydroxyl groups excluding tert-OH is 1. The van der Waals surface area contributed by atoms with Crippen molar-refractivity contribution < 1.29 is 28.9 Å². The fraction of sp³-hybridized carbons (Fsp3) is 0.643. The average molecular weight is 488 g/mol. The summed E-state index contributed by atoms with van der Waals surface area (Å²) in [5.41, 5.74) is 0.0778. The summed E-state index contributed by atoms with van der Waals surface area (Å²) < 4.78 is 17.0. The van der Waals surface area contributed by atoms with Crippen LogP contribution in [0.15, 0.2) is 35.6 Å². The number of nitrogens with zero attached hydrogens (tertiary/aromatic N) is 1. The number of aliphatic hydroxyl groups is 1. The van der Waals surface area contributed by atoms with Gasteiger partial charge in [-0.25, -0.2) is 9.59 Å². The lowest BCUT2D eigenvalue weighted by Crippen LogP contribution is -2.45. The van der Waals surface area contributed by atoms with E-state index in [1.54, 1.807) is 52.1 Å². The van der Waals surface area contributed by atoms with Crippen LogP contribution in [0.4, 0.5) is 4.79 Å². The number of hydrogen-bond acceptors (Lipinski definition) is 6. The Bertz CT molecular complexity index is 930. The molecular formula is C28H41NO6. The Labute approximate surface area is 209 Å². The van der Waals surface area contributed by atoms with Gasteiger partial charge in [-0.05, 0) is 69.1 Å². The van der Waals surface area contributed by atoms with E-state index in [-0.39, 0.29) is 36.3 Å². The molecule has 3 rings (SSSR count). The van der Waals surface area contributed by atoms with Crippen molar-refractivity contribution in [3.05, 3.63) is 41.2 Å². The Morgan fingerprint density at radius 3 is 2.34 bits per heavy atom. The quantitative estimate of drug-likeness (QED) is 0.498. The van der Waals surface area contributed by atoms with Crippen molar-refractivity contribution in [2.45, 2.75) is 85.0 Å². The van der Waals surface area contributed by atoms with Crippen molar-refractivity contribution in [3.8, 4) is 5.75 Å². The predicted octanol–water partition coefficient (Wildman–Crippen LogP) is 6.19. The van der Waals surface area contributed by atoms with Gasteiger partial charge in [-0.2, -0.15) is 0 Å². The second kappa shape index (κ2) is 10.9. The molecule has 7 nitrogen and oxygen atoms in total. The molecule has 1 aromatic carbocycles. The summed E-state index contributed by atoms with van der Waals surface area (Å²) in [6.07, 6.45) is 2.32. The number of carbonyl (C=O) groups is 2. The molecule has 1 amide bonds. The first-order chi connectivity index (χ1) is 16.4. The van der Waals surface area contributed by atoms with E-state index in [0.29, 0.717) is 23.1 Å². The van der Waals surface area contributed by atoms with E-state index in [9.17, 15) is 14.7 Å². The Hall–Kier alpha value is -2.70. The molecule has 0 unspecified atom stereocenters. The zero-order valence-corrected chi connectivity index (χ0v) is 22.2. The van der Waals surface area contributed by atoms with Crippen molar-refractivity contribution in [1.29, 1.82) is 0 Å². The Kier molecular flexibility index (Phi) is 8.39. The van der Waals surface area contributed by atoms with Crippen molar-refractivity contribution in [2.75, 3.05) is 13.7 Å². The zero-order chi connectivity index (χ0) is 25.9. The first-order valence-corrected chi connectivity index (χ1v) is 12.7. The van der Waals surface area contributed by atoms with Gasteiger partial charge in [0.25, 0.3) is 0 Å². The van der Waals surface area contributed by atoms with Crippen LogP contribution in [0.3, 0.4) is 0 Å². The van der Waals surface area contributed by atoms with Gasteiger partial charge in [-0.15, -0.1) is 0 Å². The van der Waals surface area contributed by atoms with Crippen molar-refractivity contribution in [3.63, 3.8) is 0 Å². The fourth-order valence-electron chi connectivity index (χ4n) is 5.13. The molecule has 1 aromatic rings. The molecule has 1 aliphatic carbocycles. The van der Waals surface area contributed by atoms with E-state index >= 15 is 0 Å². The standard InChI is InChI=1S/C28H41NO6/c1-17(2)21-13-8-18(3)16-23(21)34-26(31)24-22(30)14-15-29(27(32)35-28(4,5)6)25(24)19-9-11-20(33-7)12-10-19/h9-12,17-18,21,23,25,30H,8,13-16H2,1-7H3/t18-,21+,23-,25-/m1/s1. The summed E-state index contributed by atoms with van der Waals surface area (Å²) in [6, 6.07) is 6.32. The highest BCUT2D eigenvalue weighted by Crippen LogP contribution is 2.40. The lowest BCUT2D eigenvalue weighted by molar-refractivity contribution is -0.152. The van der Waals surface area contributed by atoms with Crippen molar-refractivity contribution >= 4 is 12.1 Å². The van der Waals surface area contributed by atoms with Crippen LogP contribution in [0, 0.1) is 17.8 Å². The average Bonchev–Trinajstić information content (AvgIpc) is 2.77. The molecule has 1 saturated carbocycles. The van der Waals surface area contributed by atoms with E-state index in [0.717, 1.165) is 19.3 Å². The third-order valence-corrected chi connectivity index (χ3v) is 6.98. The van der Waals surface area contributed by atoms with Gasteiger partial charge in [0.2, 0.25) is 0 Å². The molecule has 0 aromatic heterocycles. The normalized spacial score (nSPS) is 25.4. The van der Waals surface area contributed by atoms with Gasteiger partial charge in [0, 0.05) is 13.0 Å². The van der Waals surface area contributed by atoms with Crippen LogP contribution in [0.5, 0.6) is 5.75 Å². The number of carbonyl (C=O) groups excluding carboxylic acids is 2. The molecule has 1 heterocycles. The van der Waals surface area contributed by atoms with E-state index in [2.05, 4.69) is 20.8 Å². The van der Waals surface area contributed by atoms with Gasteiger partial charge in [0.05, 0.1) is 13.2 Å². The minimum absolute atomic E-state index is 0.0411. The highest BCUT2D eigenvalue weighted by Gasteiger charge is 2.42. The van der Waals surface area contributed by atoms with Crippen molar-refractivity contribution in [2.24, 2.45) is 17.8 Å². The number of rotatable bonds is 5. The van der Waals surface area contributed by atoms with Crippen molar-refractivity contribution in [1.82, 2.24) is 4.90 Å². The number of amides is 1. The van der Waals surface area contributed by atoms with E-state index in [1.807, 2.05) is 0 Å². The third-order valence-electron chi connectivity index (χ3n) is 6.98. The molecule has 1 fully saturated rings. The predicted molar refractivity (Wildman–Crippen MR) is 134 cm³/mol. The number of esters is 1. The van der Waals surface area contributed by atoms with Gasteiger partial charge in [-0.3, -0.25) is 4.90 Å². The van der Waals surface area contributed by atoms with Gasteiger partial charge in [0.1, 0.15) is 28.8 Å². The maximum atomic E-state index is 13.7. The summed E-state index contributed by atoms with van der Waals surface area (Å²) in [4.78, 5) is 28.4. The van der Waals surface area contributed by atoms with E-state index < -0.39 is 23.7 Å². The van der Waals surface area contributed by atoms with Gasteiger partial charge in [0.15, 0.2) is 0 Å². The lowest BCUT2D eigenvalue weighted by atomic mass is 9.75. The van der Waals surface area contributed by atoms with Crippen LogP contribution in [0.2, 0.25) is 0 Å². The van der Waals surface area contributed by atoms with Crippen LogP contribution in [-0.2, 0) is 14.3 Å². The smallest absolute Gasteiger partial charge is 0.411 e. The number of hydrogen-bond donors (Lipinski definition) is 1. The van der Waals surface area contributed by atoms with Gasteiger partial charge >= 0.3 is 12.1 Å². The largest absolute Gasteiger partial charge is 0.512 e. The number of ether oxygens (including phenoxy) is 3. The number of benzene rings is 1. The summed E-state index contributed by atoms with van der Waals surface area (Å²) in [5, 5.41) is 10.9. The molecule has 194 valence electrons. The summed E-state index contributed by atoms with van der Waals surface area (Å²) in [6.45, 7) is 12.1. The van der Waals surface area contributed by atoms with Gasteiger partial charge in [-0.1, -0.05) is 39.3 Å². The second-order valence-electron chi connectivity index (χ2n) is 11.2. The first-order valence-electron chi connectivity index (χ1n) is 12.7. The van der Waals surface area contributed by atoms with Crippen LogP contribution >= 0.6 is 0 Å². The molecule has 0 saturated heterocycles. The van der Waals surface area contributed by atoms with Crippen LogP contribution in [0.1, 0.15) is 78.8 Å². The molecular weight excluding hydrogens is 446 g/mol. The summed E-state index contributed by atoms with van der Waals surface area (Å²) in [5.74, 6) is 1.16. The molecule has 7 heteroatoms. The SMILES string of the molecule is COc1ccc([C@@H]2C(C(=O)O[C@@H]3C[C@H](C)CC[C@H]3C(C)C)=C(O)CCN2C(=O)OC(C)(C)C)cc1. The Balaban J connectivity index is 1.98. The van der Waals surface area contributed by atoms with E-state index in [1.165, 1.54) is 4.90 Å². The first kappa shape index (κ1) is 26.9. The topological polar surface area (TPSA) is 85.3 Å². The minimum atomic E-state index is -0.824. The monoisotopic (exact) mass is 487 g/mol. The molecule has 1 N–H and O–H groups in total. The van der Waals surface area contributed by atoms with Crippen LogP contribution < -0.4 is 4.74 Å². The fourth-order valence-corrected chi connectivity index (χ4v) is 5.13. The highest BCUT2D eigenvalue weighted by atomic mass is 16.6. The molecule has 0 spiro atoms. The third kappa shape index (κ3) is 6.50. The molecule has 0 bridgehead atoms. The molecule has 1 aliphatic heterocycles. The van der Waals surface area contributed by atoms with Crippen LogP contribution in [-0.4, -0.2) is 47.4 Å². The molecule has 35 heavy (non-hydrogen) atoms. The molecule has 2 aliphatic rings. The maximum absolute atomic E-state index is 13.7. The lowest BCUT2D eigenvalue weighted by Gasteiger charge is -2.40. The Morgan fingerprint density at radius 2 is 1.77 bits per heavy atom. The summed E-state index contributed by atoms with van der Waals surface area (Å²) >= 11 is 0. The van der Waals surface area contributed by atoms with E-state index in [4.69, 9.17) is 14.2 Å². The second-order valence-corrected chi connectivity index (χ2v) is 11.2. The van der Waals surface area contributed by atoms with Crippen LogP contribution in [0.25, 0.3) is 0 Å². The minimum Gasteiger partial charge on any atom is -0.512 e. The van der Waals surface area contributed by atoms with Gasteiger partial charge < -0.3 is 19.3 Å². The Morgan fingerprint density at radius 1 is 1.11 bits per heavy atom. The molecule has 4 atom stereocenters.